The van der Waals surface area contributed by atoms with Crippen LogP contribution in [-0.4, -0.2) is 36.8 Å². The van der Waals surface area contributed by atoms with Gasteiger partial charge in [0.1, 0.15) is 17.2 Å². The Morgan fingerprint density at radius 3 is 2.52 bits per heavy atom. The fourth-order valence-corrected chi connectivity index (χ4v) is 5.06. The number of hydrogen-bond acceptors (Lipinski definition) is 7. The number of aliphatic imine (C=N–C) groups is 1. The van der Waals surface area contributed by atoms with E-state index >= 15 is 0 Å². The quantitative estimate of drug-likeness (QED) is 0.305. The number of methoxy groups -OCH3 is 2. The van der Waals surface area contributed by atoms with E-state index in [1.54, 1.807) is 56.7 Å². The number of anilines is 1. The molecule has 168 valence electrons. The van der Waals surface area contributed by atoms with Crippen molar-refractivity contribution in [3.63, 3.8) is 0 Å². The predicted octanol–water partition coefficient (Wildman–Crippen LogP) is 5.78. The Morgan fingerprint density at radius 1 is 1.09 bits per heavy atom. The van der Waals surface area contributed by atoms with Crippen molar-refractivity contribution >= 4 is 63.3 Å². The molecule has 0 saturated heterocycles. The van der Waals surface area contributed by atoms with Crippen LogP contribution in [0.5, 0.6) is 11.5 Å². The topological polar surface area (TPSA) is 68.2 Å². The first-order chi connectivity index (χ1) is 16.0. The molecule has 1 aliphatic rings. The first-order valence-corrected chi connectivity index (χ1v) is 12.0. The molecule has 1 aliphatic heterocycles. The van der Waals surface area contributed by atoms with Crippen molar-refractivity contribution in [1.29, 1.82) is 0 Å². The van der Waals surface area contributed by atoms with Gasteiger partial charge in [-0.15, -0.1) is 11.3 Å². The second-order valence-corrected chi connectivity index (χ2v) is 9.51. The van der Waals surface area contributed by atoms with Crippen LogP contribution in [-0.2, 0) is 4.79 Å². The first-order valence-electron chi connectivity index (χ1n) is 9.83. The lowest BCUT2D eigenvalue weighted by Gasteiger charge is -2.18. The highest BCUT2D eigenvalue weighted by molar-refractivity contribution is 8.14. The maximum absolute atomic E-state index is 13.3. The number of ketones is 1. The highest BCUT2D eigenvalue weighted by atomic mass is 35.5. The number of amidine groups is 1. The Labute approximate surface area is 204 Å². The Hall–Kier alpha value is -3.07. The summed E-state index contributed by atoms with van der Waals surface area (Å²) in [5.41, 5.74) is 1.69. The third-order valence-electron chi connectivity index (χ3n) is 4.74. The van der Waals surface area contributed by atoms with E-state index in [9.17, 15) is 9.59 Å². The normalized spacial score (nSPS) is 14.5. The molecular weight excluding hydrogens is 480 g/mol. The molecule has 9 heteroatoms. The SMILES string of the molecule is COc1ccc(/C=C2\N=C(SCC(=O)c3ccc(Cl)s3)N(c3cccc(OC)c3)C2=O)cc1. The highest BCUT2D eigenvalue weighted by Crippen LogP contribution is 2.32. The summed E-state index contributed by atoms with van der Waals surface area (Å²) in [7, 11) is 3.16. The Morgan fingerprint density at radius 2 is 1.85 bits per heavy atom. The number of thioether (sulfide) groups is 1. The molecule has 0 saturated carbocycles. The first kappa shape index (κ1) is 23.1. The molecular formula is C24H19ClN2O4S2. The number of carbonyl (C=O) groups excluding carboxylic acids is 2. The molecule has 33 heavy (non-hydrogen) atoms. The highest BCUT2D eigenvalue weighted by Gasteiger charge is 2.32. The second kappa shape index (κ2) is 10.2. The fourth-order valence-electron chi connectivity index (χ4n) is 3.09. The zero-order valence-electron chi connectivity index (χ0n) is 17.8. The van der Waals surface area contributed by atoms with Crippen LogP contribution in [0.1, 0.15) is 15.2 Å². The average molecular weight is 499 g/mol. The summed E-state index contributed by atoms with van der Waals surface area (Å²) in [6.07, 6.45) is 1.71. The molecule has 0 atom stereocenters. The van der Waals surface area contributed by atoms with E-state index in [2.05, 4.69) is 4.99 Å². The summed E-state index contributed by atoms with van der Waals surface area (Å²) in [5.74, 6) is 1.10. The Kier molecular flexibility index (Phi) is 7.17. The van der Waals surface area contributed by atoms with Crippen molar-refractivity contribution in [3.8, 4) is 11.5 Å². The lowest BCUT2D eigenvalue weighted by atomic mass is 10.2. The van der Waals surface area contributed by atoms with E-state index in [4.69, 9.17) is 21.1 Å². The van der Waals surface area contributed by atoms with Crippen molar-refractivity contribution < 1.29 is 19.1 Å². The second-order valence-electron chi connectivity index (χ2n) is 6.85. The van der Waals surface area contributed by atoms with E-state index in [-0.39, 0.29) is 23.1 Å². The van der Waals surface area contributed by atoms with Crippen LogP contribution in [0.2, 0.25) is 4.34 Å². The van der Waals surface area contributed by atoms with Gasteiger partial charge in [0, 0.05) is 6.07 Å². The van der Waals surface area contributed by atoms with Crippen molar-refractivity contribution in [2.24, 2.45) is 4.99 Å². The standard InChI is InChI=1S/C24H19ClN2O4S2/c1-30-17-8-6-15(7-9-17)12-19-23(29)27(16-4-3-5-18(13-16)31-2)24(26-19)32-14-20(28)21-10-11-22(25)33-21/h3-13H,14H2,1-2H3/b19-12-. The smallest absolute Gasteiger partial charge is 0.283 e. The van der Waals surface area contributed by atoms with E-state index < -0.39 is 0 Å². The van der Waals surface area contributed by atoms with Crippen LogP contribution >= 0.6 is 34.7 Å². The molecule has 0 aliphatic carbocycles. The summed E-state index contributed by atoms with van der Waals surface area (Å²) in [5, 5.41) is 0.420. The van der Waals surface area contributed by atoms with Gasteiger partial charge in [-0.2, -0.15) is 0 Å². The van der Waals surface area contributed by atoms with E-state index in [1.165, 1.54) is 28.0 Å². The largest absolute Gasteiger partial charge is 0.497 e. The van der Waals surface area contributed by atoms with Gasteiger partial charge in [-0.3, -0.25) is 14.5 Å². The van der Waals surface area contributed by atoms with Crippen LogP contribution in [0.3, 0.4) is 0 Å². The van der Waals surface area contributed by atoms with Gasteiger partial charge in [-0.05, 0) is 48.0 Å². The molecule has 1 amide bonds. The van der Waals surface area contributed by atoms with Crippen LogP contribution in [0, 0.1) is 0 Å². The Bertz CT molecular complexity index is 1250. The maximum atomic E-state index is 13.3. The van der Waals surface area contributed by atoms with Gasteiger partial charge < -0.3 is 9.47 Å². The molecule has 0 radical (unpaired) electrons. The number of ether oxygens (including phenoxy) is 2. The van der Waals surface area contributed by atoms with Crippen molar-refractivity contribution in [2.45, 2.75) is 0 Å². The fraction of sp³-hybridized carbons (Fsp3) is 0.125. The Balaban J connectivity index is 1.64. The molecule has 6 nitrogen and oxygen atoms in total. The minimum Gasteiger partial charge on any atom is -0.497 e. The third kappa shape index (κ3) is 5.30. The van der Waals surface area contributed by atoms with Gasteiger partial charge in [0.05, 0.1) is 34.9 Å². The molecule has 0 N–H and O–H groups in total. The van der Waals surface area contributed by atoms with Crippen molar-refractivity contribution in [2.75, 3.05) is 24.9 Å². The summed E-state index contributed by atoms with van der Waals surface area (Å²) < 4.78 is 11.1. The van der Waals surface area contributed by atoms with Gasteiger partial charge in [0.2, 0.25) is 0 Å². The minimum atomic E-state index is -0.284. The van der Waals surface area contributed by atoms with Crippen LogP contribution in [0.4, 0.5) is 5.69 Å². The number of nitrogens with zero attached hydrogens (tertiary/aromatic N) is 2. The average Bonchev–Trinajstić information content (AvgIpc) is 3.41. The van der Waals surface area contributed by atoms with E-state index in [0.29, 0.717) is 25.8 Å². The number of amides is 1. The summed E-state index contributed by atoms with van der Waals surface area (Å²) in [4.78, 5) is 32.6. The van der Waals surface area contributed by atoms with Gasteiger partial charge in [-0.25, -0.2) is 4.99 Å². The number of rotatable bonds is 7. The molecule has 0 fully saturated rings. The molecule has 1 aromatic heterocycles. The third-order valence-corrected chi connectivity index (χ3v) is 6.95. The number of benzene rings is 2. The number of thiophene rings is 1. The van der Waals surface area contributed by atoms with Gasteiger partial charge in [-0.1, -0.05) is 41.6 Å². The lowest BCUT2D eigenvalue weighted by Crippen LogP contribution is -2.30. The molecule has 0 bridgehead atoms. The van der Waals surface area contributed by atoms with Crippen LogP contribution in [0.25, 0.3) is 6.08 Å². The maximum Gasteiger partial charge on any atom is 0.283 e. The van der Waals surface area contributed by atoms with Gasteiger partial charge in [0.15, 0.2) is 11.0 Å². The van der Waals surface area contributed by atoms with E-state index in [1.807, 2.05) is 24.3 Å². The number of carbonyl (C=O) groups is 2. The molecule has 4 rings (SSSR count). The van der Waals surface area contributed by atoms with Crippen LogP contribution < -0.4 is 14.4 Å². The lowest BCUT2D eigenvalue weighted by molar-refractivity contribution is -0.113. The molecule has 0 unspecified atom stereocenters. The number of hydrogen-bond donors (Lipinski definition) is 0. The summed E-state index contributed by atoms with van der Waals surface area (Å²) in [6.45, 7) is 0. The van der Waals surface area contributed by atoms with Crippen molar-refractivity contribution in [1.82, 2.24) is 0 Å². The predicted molar refractivity (Wildman–Crippen MR) is 135 cm³/mol. The summed E-state index contributed by atoms with van der Waals surface area (Å²) in [6, 6.07) is 17.9. The van der Waals surface area contributed by atoms with Crippen LogP contribution in [0.15, 0.2) is 71.4 Å². The summed E-state index contributed by atoms with van der Waals surface area (Å²) >= 11 is 8.39. The molecule has 3 aromatic rings. The van der Waals surface area contributed by atoms with Gasteiger partial charge >= 0.3 is 0 Å². The number of Topliss-reactive ketones (excluding diaryl/α,β-unsaturated/α-hetero) is 1. The molecule has 2 heterocycles. The van der Waals surface area contributed by atoms with Crippen molar-refractivity contribution in [3.05, 3.63) is 81.1 Å². The zero-order chi connectivity index (χ0) is 23.4. The van der Waals surface area contributed by atoms with Gasteiger partial charge in [0.25, 0.3) is 5.91 Å². The number of halogens is 1. The van der Waals surface area contributed by atoms with E-state index in [0.717, 1.165) is 11.3 Å². The minimum absolute atomic E-state index is 0.0785. The zero-order valence-corrected chi connectivity index (χ0v) is 20.2. The molecule has 0 spiro atoms. The molecule has 2 aromatic carbocycles. The monoisotopic (exact) mass is 498 g/mol.